The van der Waals surface area contributed by atoms with Crippen molar-refractivity contribution in [3.8, 4) is 0 Å². The molecule has 12 nitrogen and oxygen atoms in total. The highest BCUT2D eigenvalue weighted by molar-refractivity contribution is 5.83. The molecule has 0 bridgehead atoms. The van der Waals surface area contributed by atoms with Gasteiger partial charge in [0.1, 0.15) is 6.04 Å². The van der Waals surface area contributed by atoms with Crippen LogP contribution in [0.25, 0.3) is 0 Å². The van der Waals surface area contributed by atoms with Crippen LogP contribution in [0.5, 0.6) is 0 Å². The zero-order chi connectivity index (χ0) is 34.7. The lowest BCUT2D eigenvalue weighted by atomic mass is 9.99. The molecule has 4 atom stereocenters. The van der Waals surface area contributed by atoms with Crippen molar-refractivity contribution >= 4 is 17.9 Å². The van der Waals surface area contributed by atoms with Gasteiger partial charge in [-0.3, -0.25) is 4.90 Å². The van der Waals surface area contributed by atoms with Crippen LogP contribution in [0.2, 0.25) is 0 Å². The average molecular weight is 681 g/mol. The SMILES string of the molecule is COC(=O)[C@H](Cc1ccccc1)NC(=O)NCc1ccc([C@H]2O[C@@H](CN3CCN(c4ncccn4)CC3)C[C@@H](c3ccc(CO)cc3)O2)cc1. The lowest BCUT2D eigenvalue weighted by Gasteiger charge is -2.40. The molecule has 2 aliphatic rings. The summed E-state index contributed by atoms with van der Waals surface area (Å²) in [6.45, 7) is 4.45. The maximum atomic E-state index is 12.8. The van der Waals surface area contributed by atoms with Crippen molar-refractivity contribution in [1.82, 2.24) is 25.5 Å². The molecule has 2 amide bonds. The van der Waals surface area contributed by atoms with Crippen LogP contribution in [0.3, 0.4) is 0 Å². The summed E-state index contributed by atoms with van der Waals surface area (Å²) >= 11 is 0. The Morgan fingerprint density at radius 2 is 1.54 bits per heavy atom. The number of aromatic nitrogens is 2. The fourth-order valence-electron chi connectivity index (χ4n) is 6.28. The predicted octanol–water partition coefficient (Wildman–Crippen LogP) is 3.92. The van der Waals surface area contributed by atoms with E-state index in [-0.39, 0.29) is 25.4 Å². The van der Waals surface area contributed by atoms with Gasteiger partial charge in [-0.05, 0) is 28.3 Å². The third kappa shape index (κ3) is 9.42. The van der Waals surface area contributed by atoms with Crippen LogP contribution < -0.4 is 15.5 Å². The number of anilines is 1. The first-order chi connectivity index (χ1) is 24.5. The van der Waals surface area contributed by atoms with E-state index in [1.165, 1.54) is 7.11 Å². The van der Waals surface area contributed by atoms with E-state index >= 15 is 0 Å². The summed E-state index contributed by atoms with van der Waals surface area (Å²) in [5.74, 6) is 0.250. The summed E-state index contributed by atoms with van der Waals surface area (Å²) in [4.78, 5) is 38.5. The summed E-state index contributed by atoms with van der Waals surface area (Å²) in [7, 11) is 1.31. The molecule has 6 rings (SSSR count). The summed E-state index contributed by atoms with van der Waals surface area (Å²) in [6, 6.07) is 25.7. The Labute approximate surface area is 292 Å². The van der Waals surface area contributed by atoms with Crippen LogP contribution in [-0.2, 0) is 38.6 Å². The highest BCUT2D eigenvalue weighted by Crippen LogP contribution is 2.38. The van der Waals surface area contributed by atoms with Crippen molar-refractivity contribution in [1.29, 1.82) is 0 Å². The molecule has 2 aliphatic heterocycles. The number of esters is 1. The van der Waals surface area contributed by atoms with E-state index in [1.54, 1.807) is 12.4 Å². The van der Waals surface area contributed by atoms with Crippen molar-refractivity contribution in [3.63, 3.8) is 0 Å². The Kier molecular flexibility index (Phi) is 12.0. The number of hydrogen-bond acceptors (Lipinski definition) is 10. The lowest BCUT2D eigenvalue weighted by molar-refractivity contribution is -0.253. The van der Waals surface area contributed by atoms with Crippen molar-refractivity contribution in [2.45, 2.75) is 50.5 Å². The Hall–Kier alpha value is -4.88. The lowest BCUT2D eigenvalue weighted by Crippen LogP contribution is -2.50. The van der Waals surface area contributed by atoms with Crippen molar-refractivity contribution in [2.24, 2.45) is 0 Å². The van der Waals surface area contributed by atoms with E-state index in [2.05, 4.69) is 30.4 Å². The second kappa shape index (κ2) is 17.2. The number of methoxy groups -OCH3 is 1. The average Bonchev–Trinajstić information content (AvgIpc) is 3.17. The molecule has 12 heteroatoms. The fraction of sp³-hybridized carbons (Fsp3) is 0.368. The molecule has 4 aromatic rings. The van der Waals surface area contributed by atoms with E-state index in [4.69, 9.17) is 14.2 Å². The van der Waals surface area contributed by atoms with E-state index in [0.29, 0.717) is 12.8 Å². The Balaban J connectivity index is 1.07. The molecule has 0 aliphatic carbocycles. The number of rotatable bonds is 12. The van der Waals surface area contributed by atoms with Crippen molar-refractivity contribution in [2.75, 3.05) is 44.7 Å². The molecular formula is C38H44N6O6. The van der Waals surface area contributed by atoms with Gasteiger partial charge in [0.2, 0.25) is 5.95 Å². The van der Waals surface area contributed by atoms with Gasteiger partial charge in [0.05, 0.1) is 25.9 Å². The third-order valence-corrected chi connectivity index (χ3v) is 9.06. The molecule has 0 spiro atoms. The largest absolute Gasteiger partial charge is 0.467 e. The van der Waals surface area contributed by atoms with Gasteiger partial charge in [-0.1, -0.05) is 78.9 Å². The molecule has 0 radical (unpaired) electrons. The van der Waals surface area contributed by atoms with E-state index in [1.807, 2.05) is 84.9 Å². The smallest absolute Gasteiger partial charge is 0.328 e. The Bertz CT molecular complexity index is 1650. The number of benzene rings is 3. The minimum absolute atomic E-state index is 0.0113. The minimum Gasteiger partial charge on any atom is -0.467 e. The van der Waals surface area contributed by atoms with Crippen LogP contribution in [0.15, 0.2) is 97.3 Å². The number of aliphatic hydroxyl groups is 1. The van der Waals surface area contributed by atoms with E-state index in [9.17, 15) is 14.7 Å². The molecule has 2 saturated heterocycles. The van der Waals surface area contributed by atoms with Crippen molar-refractivity contribution < 1.29 is 28.9 Å². The number of amides is 2. The first-order valence-electron chi connectivity index (χ1n) is 17.0. The second-order valence-electron chi connectivity index (χ2n) is 12.5. The predicted molar refractivity (Wildman–Crippen MR) is 187 cm³/mol. The number of piperazine rings is 1. The summed E-state index contributed by atoms with van der Waals surface area (Å²) in [5.41, 5.74) is 4.56. The van der Waals surface area contributed by atoms with E-state index < -0.39 is 24.3 Å². The topological polar surface area (TPSA) is 138 Å². The molecule has 3 aromatic carbocycles. The maximum Gasteiger partial charge on any atom is 0.328 e. The molecule has 262 valence electrons. The van der Waals surface area contributed by atoms with Gasteiger partial charge in [0.15, 0.2) is 6.29 Å². The number of urea groups is 1. The van der Waals surface area contributed by atoms with Crippen LogP contribution in [0.1, 0.15) is 46.6 Å². The molecule has 3 heterocycles. The molecule has 1 aromatic heterocycles. The van der Waals surface area contributed by atoms with Gasteiger partial charge in [-0.25, -0.2) is 19.6 Å². The first-order valence-corrected chi connectivity index (χ1v) is 17.0. The molecule has 0 saturated carbocycles. The van der Waals surface area contributed by atoms with Crippen LogP contribution >= 0.6 is 0 Å². The number of ether oxygens (including phenoxy) is 3. The molecular weight excluding hydrogens is 636 g/mol. The quantitative estimate of drug-likeness (QED) is 0.189. The van der Waals surface area contributed by atoms with Gasteiger partial charge in [-0.2, -0.15) is 0 Å². The first kappa shape index (κ1) is 35.0. The zero-order valence-electron chi connectivity index (χ0n) is 28.2. The van der Waals surface area contributed by atoms with Gasteiger partial charge in [0, 0.05) is 70.1 Å². The normalized spacial score (nSPS) is 20.1. The summed E-state index contributed by atoms with van der Waals surface area (Å²) in [5, 5.41) is 15.1. The molecule has 50 heavy (non-hydrogen) atoms. The number of carbonyl (C=O) groups is 2. The Morgan fingerprint density at radius 3 is 2.22 bits per heavy atom. The van der Waals surface area contributed by atoms with Crippen molar-refractivity contribution in [3.05, 3.63) is 125 Å². The van der Waals surface area contributed by atoms with Crippen LogP contribution in [0, 0.1) is 0 Å². The minimum atomic E-state index is -0.812. The third-order valence-electron chi connectivity index (χ3n) is 9.06. The maximum absolute atomic E-state index is 12.8. The molecule has 0 unspecified atom stereocenters. The van der Waals surface area contributed by atoms with Crippen LogP contribution in [-0.4, -0.2) is 84.0 Å². The fourth-order valence-corrected chi connectivity index (χ4v) is 6.28. The van der Waals surface area contributed by atoms with Gasteiger partial charge in [-0.15, -0.1) is 0 Å². The Morgan fingerprint density at radius 1 is 0.860 bits per heavy atom. The van der Waals surface area contributed by atoms with Gasteiger partial charge < -0.3 is 34.9 Å². The summed E-state index contributed by atoms with van der Waals surface area (Å²) in [6.07, 6.45) is 3.73. The standard InChI is InChI=1S/C38H44N6O6/c1-48-35(46)33(22-27-6-3-2-4-7-27)42-38(47)41-24-28-8-14-31(15-9-28)36-49-32(23-34(50-36)30-12-10-29(26-45)11-13-30)25-43-18-20-44(21-19-43)37-39-16-5-17-40-37/h2-17,32-34,36,45H,18-26H2,1H3,(H2,41,42,47)/t32-,33+,34+,36+/m1/s1. The van der Waals surface area contributed by atoms with E-state index in [0.717, 1.165) is 66.5 Å². The second-order valence-corrected chi connectivity index (χ2v) is 12.5. The molecule has 3 N–H and O–H groups in total. The highest BCUT2D eigenvalue weighted by atomic mass is 16.7. The molecule has 2 fully saturated rings. The van der Waals surface area contributed by atoms with Crippen LogP contribution in [0.4, 0.5) is 10.7 Å². The monoisotopic (exact) mass is 680 g/mol. The van der Waals surface area contributed by atoms with Gasteiger partial charge >= 0.3 is 12.0 Å². The number of nitrogens with one attached hydrogen (secondary N) is 2. The summed E-state index contributed by atoms with van der Waals surface area (Å²) < 4.78 is 18.0. The number of nitrogens with zero attached hydrogens (tertiary/aromatic N) is 4. The zero-order valence-corrected chi connectivity index (χ0v) is 28.2. The highest BCUT2D eigenvalue weighted by Gasteiger charge is 2.34. The number of carbonyl (C=O) groups excluding carboxylic acids is 2. The van der Waals surface area contributed by atoms with Gasteiger partial charge in [0.25, 0.3) is 0 Å². The number of hydrogen-bond donors (Lipinski definition) is 3. The number of aliphatic hydroxyl groups excluding tert-OH is 1.